The van der Waals surface area contributed by atoms with Crippen LogP contribution in [0.1, 0.15) is 34.0 Å². The van der Waals surface area contributed by atoms with Crippen LogP contribution >= 0.6 is 0 Å². The fourth-order valence-corrected chi connectivity index (χ4v) is 4.79. The number of methoxy groups -OCH3 is 3. The molecule has 2 heterocycles. The maximum atomic E-state index is 13.6. The molecule has 2 aromatic carbocycles. The largest absolute Gasteiger partial charge is 0.493 e. The predicted octanol–water partition coefficient (Wildman–Crippen LogP) is 3.40. The van der Waals surface area contributed by atoms with E-state index in [1.807, 2.05) is 32.2 Å². The summed E-state index contributed by atoms with van der Waals surface area (Å²) in [5.41, 5.74) is 2.97. The quantitative estimate of drug-likeness (QED) is 0.225. The van der Waals surface area contributed by atoms with E-state index in [0.717, 1.165) is 16.7 Å². The van der Waals surface area contributed by atoms with Crippen molar-refractivity contribution in [1.82, 2.24) is 0 Å². The average molecular weight is 499 g/mol. The number of rotatable bonds is 9. The van der Waals surface area contributed by atoms with Crippen molar-refractivity contribution in [3.8, 4) is 28.7 Å². The number of likely N-dealkylation sites (N-methyl/N-ethyl adjacent to an activating group) is 1. The second kappa shape index (κ2) is 10.5. The van der Waals surface area contributed by atoms with Crippen molar-refractivity contribution in [2.24, 2.45) is 0 Å². The summed E-state index contributed by atoms with van der Waals surface area (Å²) < 4.78 is 33.5. The normalized spacial score (nSPS) is 18.0. The summed E-state index contributed by atoms with van der Waals surface area (Å²) in [6.07, 6.45) is 3.83. The van der Waals surface area contributed by atoms with Crippen LogP contribution in [-0.2, 0) is 22.5 Å². The molecule has 4 rings (SSSR count). The van der Waals surface area contributed by atoms with Gasteiger partial charge in [0, 0.05) is 6.42 Å². The van der Waals surface area contributed by atoms with Crippen LogP contribution < -0.4 is 23.7 Å². The number of nitrogens with zero attached hydrogens (tertiary/aromatic N) is 1. The minimum absolute atomic E-state index is 0.00293. The van der Waals surface area contributed by atoms with Crippen LogP contribution in [0.15, 0.2) is 24.3 Å². The highest BCUT2D eigenvalue weighted by molar-refractivity contribution is 6.11. The summed E-state index contributed by atoms with van der Waals surface area (Å²) in [7, 11) is 6.52. The summed E-state index contributed by atoms with van der Waals surface area (Å²) in [6.45, 7) is 3.80. The molecule has 0 saturated carbocycles. The van der Waals surface area contributed by atoms with Crippen molar-refractivity contribution in [2.75, 3.05) is 54.9 Å². The Hall–Kier alpha value is -3.72. The number of ether oxygens (including phenoxy) is 6. The molecule has 1 atom stereocenters. The second-order valence-electron chi connectivity index (χ2n) is 8.96. The maximum Gasteiger partial charge on any atom is 0.361 e. The monoisotopic (exact) mass is 498 g/mol. The standard InChI is InChI=1S/C27H32NO8/c1-6-34-21-10-8-17(13-22(21)31-3)7-9-20(29)24-18-11-12-28(2,15-23(30)32-4)14-19(18)25(33-5)27-26(24)35-16-36-27/h7-10,13H,6,11-12,14-16H2,1-5H3/q+1. The number of carbonyl (C=O) groups is 2. The lowest BCUT2D eigenvalue weighted by Crippen LogP contribution is -2.51. The summed E-state index contributed by atoms with van der Waals surface area (Å²) >= 11 is 0. The van der Waals surface area contributed by atoms with Gasteiger partial charge < -0.3 is 32.9 Å². The number of hydrogen-bond donors (Lipinski definition) is 0. The number of allylic oxidation sites excluding steroid dienone is 1. The maximum absolute atomic E-state index is 13.6. The molecule has 2 aliphatic heterocycles. The first-order chi connectivity index (χ1) is 17.3. The fraction of sp³-hybridized carbons (Fsp3) is 0.407. The van der Waals surface area contributed by atoms with Crippen LogP contribution in [-0.4, -0.2) is 71.1 Å². The van der Waals surface area contributed by atoms with Gasteiger partial charge in [0.25, 0.3) is 0 Å². The van der Waals surface area contributed by atoms with E-state index >= 15 is 0 Å². The zero-order chi connectivity index (χ0) is 25.9. The first kappa shape index (κ1) is 25.4. The molecule has 192 valence electrons. The SMILES string of the molecule is CCOc1ccc(C=CC(=O)c2c3c(c(OC)c4c2OCO4)C[N+](C)(CC(=O)OC)CC3)cc1OC. The molecule has 0 fully saturated rings. The van der Waals surface area contributed by atoms with Gasteiger partial charge in [-0.3, -0.25) is 4.79 Å². The number of quaternary nitrogens is 1. The number of ketones is 1. The molecule has 2 aliphatic rings. The Morgan fingerprint density at radius 3 is 2.53 bits per heavy atom. The van der Waals surface area contributed by atoms with Crippen molar-refractivity contribution in [3.05, 3.63) is 46.5 Å². The highest BCUT2D eigenvalue weighted by atomic mass is 16.7. The first-order valence-electron chi connectivity index (χ1n) is 11.8. The molecule has 0 bridgehead atoms. The summed E-state index contributed by atoms with van der Waals surface area (Å²) in [5.74, 6) is 2.11. The number of hydrogen-bond acceptors (Lipinski definition) is 8. The Kier molecular flexibility index (Phi) is 7.40. The van der Waals surface area contributed by atoms with Crippen molar-refractivity contribution < 1.29 is 42.5 Å². The minimum Gasteiger partial charge on any atom is -0.493 e. The lowest BCUT2D eigenvalue weighted by Gasteiger charge is -2.38. The van der Waals surface area contributed by atoms with Crippen LogP contribution in [0, 0.1) is 0 Å². The number of fused-ring (bicyclic) bond motifs is 2. The highest BCUT2D eigenvalue weighted by Gasteiger charge is 2.40. The van der Waals surface area contributed by atoms with Crippen molar-refractivity contribution in [2.45, 2.75) is 19.9 Å². The van der Waals surface area contributed by atoms with E-state index in [4.69, 9.17) is 28.4 Å². The van der Waals surface area contributed by atoms with Gasteiger partial charge in [0.15, 0.2) is 35.3 Å². The van der Waals surface area contributed by atoms with Gasteiger partial charge in [-0.25, -0.2) is 4.79 Å². The molecule has 1 unspecified atom stereocenters. The summed E-state index contributed by atoms with van der Waals surface area (Å²) in [4.78, 5) is 25.6. The Morgan fingerprint density at radius 1 is 1.06 bits per heavy atom. The van der Waals surface area contributed by atoms with E-state index in [1.165, 1.54) is 13.2 Å². The minimum atomic E-state index is -0.286. The molecule has 0 aromatic heterocycles. The Labute approximate surface area is 210 Å². The number of esters is 1. The van der Waals surface area contributed by atoms with E-state index in [9.17, 15) is 9.59 Å². The Bertz CT molecular complexity index is 1200. The van der Waals surface area contributed by atoms with E-state index in [1.54, 1.807) is 20.3 Å². The highest BCUT2D eigenvalue weighted by Crippen LogP contribution is 2.50. The van der Waals surface area contributed by atoms with Gasteiger partial charge in [-0.05, 0) is 36.3 Å². The van der Waals surface area contributed by atoms with Gasteiger partial charge >= 0.3 is 5.97 Å². The molecule has 0 saturated heterocycles. The van der Waals surface area contributed by atoms with Gasteiger partial charge in [-0.1, -0.05) is 12.1 Å². The molecule has 36 heavy (non-hydrogen) atoms. The Balaban J connectivity index is 1.72. The molecule has 0 spiro atoms. The number of benzene rings is 2. The van der Waals surface area contributed by atoms with Gasteiger partial charge in [0.05, 0.1) is 52.7 Å². The molecule has 9 nitrogen and oxygen atoms in total. The zero-order valence-corrected chi connectivity index (χ0v) is 21.3. The van der Waals surface area contributed by atoms with Crippen LogP contribution in [0.4, 0.5) is 0 Å². The fourth-order valence-electron chi connectivity index (χ4n) is 4.79. The molecule has 0 radical (unpaired) electrons. The third-order valence-electron chi connectivity index (χ3n) is 6.53. The molecular weight excluding hydrogens is 466 g/mol. The third-order valence-corrected chi connectivity index (χ3v) is 6.53. The van der Waals surface area contributed by atoms with Gasteiger partial charge in [0.2, 0.25) is 12.5 Å². The van der Waals surface area contributed by atoms with Crippen LogP contribution in [0.25, 0.3) is 6.08 Å². The van der Waals surface area contributed by atoms with Crippen LogP contribution in [0.2, 0.25) is 0 Å². The van der Waals surface area contributed by atoms with Gasteiger partial charge in [-0.15, -0.1) is 0 Å². The lowest BCUT2D eigenvalue weighted by molar-refractivity contribution is -0.917. The average Bonchev–Trinajstić information content (AvgIpc) is 3.35. The lowest BCUT2D eigenvalue weighted by atomic mass is 9.89. The van der Waals surface area contributed by atoms with Crippen molar-refractivity contribution >= 4 is 17.8 Å². The zero-order valence-electron chi connectivity index (χ0n) is 21.3. The van der Waals surface area contributed by atoms with E-state index in [2.05, 4.69) is 0 Å². The topological polar surface area (TPSA) is 89.5 Å². The van der Waals surface area contributed by atoms with E-state index in [0.29, 0.717) is 64.9 Å². The van der Waals surface area contributed by atoms with Gasteiger partial charge in [-0.2, -0.15) is 0 Å². The van der Waals surface area contributed by atoms with Crippen LogP contribution in [0.3, 0.4) is 0 Å². The van der Waals surface area contributed by atoms with Gasteiger partial charge in [0.1, 0.15) is 6.54 Å². The third kappa shape index (κ3) is 4.83. The smallest absolute Gasteiger partial charge is 0.361 e. The molecule has 0 N–H and O–H groups in total. The predicted molar refractivity (Wildman–Crippen MR) is 132 cm³/mol. The first-order valence-corrected chi connectivity index (χ1v) is 11.8. The molecule has 0 amide bonds. The van der Waals surface area contributed by atoms with Crippen molar-refractivity contribution in [3.63, 3.8) is 0 Å². The molecule has 0 aliphatic carbocycles. The summed E-state index contributed by atoms with van der Waals surface area (Å²) in [5, 5.41) is 0. The molecular formula is C27H32NO8+. The van der Waals surface area contributed by atoms with E-state index < -0.39 is 0 Å². The Morgan fingerprint density at radius 2 is 1.83 bits per heavy atom. The van der Waals surface area contributed by atoms with E-state index in [-0.39, 0.29) is 25.1 Å². The van der Waals surface area contributed by atoms with Crippen molar-refractivity contribution in [1.29, 1.82) is 0 Å². The second-order valence-corrected chi connectivity index (χ2v) is 8.96. The molecule has 9 heteroatoms. The molecule has 2 aromatic rings. The summed E-state index contributed by atoms with van der Waals surface area (Å²) in [6, 6.07) is 5.50. The van der Waals surface area contributed by atoms with Crippen LogP contribution in [0.5, 0.6) is 28.7 Å². The number of carbonyl (C=O) groups excluding carboxylic acids is 2.